The molecule has 0 atom stereocenters. The highest BCUT2D eigenvalue weighted by Crippen LogP contribution is 2.17. The summed E-state index contributed by atoms with van der Waals surface area (Å²) >= 11 is 0. The van der Waals surface area contributed by atoms with Crippen LogP contribution in [0.25, 0.3) is 0 Å². The Hall–Kier alpha value is -2.67. The summed E-state index contributed by atoms with van der Waals surface area (Å²) in [6.45, 7) is 2.38. The fraction of sp³-hybridized carbons (Fsp3) is 0.353. The molecule has 1 aromatic carbocycles. The molecule has 0 spiro atoms. The van der Waals surface area contributed by atoms with E-state index in [0.717, 1.165) is 30.8 Å². The number of hydrogen-bond acceptors (Lipinski definition) is 5. The van der Waals surface area contributed by atoms with Gasteiger partial charge in [0.25, 0.3) is 0 Å². The van der Waals surface area contributed by atoms with Gasteiger partial charge >= 0.3 is 0 Å². The Balaban J connectivity index is 0.000000351. The third-order valence-electron chi connectivity index (χ3n) is 3.29. The molecule has 4 N–H and O–H groups in total. The lowest BCUT2D eigenvalue weighted by Gasteiger charge is -2.07. The Morgan fingerprint density at radius 1 is 1.25 bits per heavy atom. The van der Waals surface area contributed by atoms with E-state index in [2.05, 4.69) is 44.5 Å². The summed E-state index contributed by atoms with van der Waals surface area (Å²) in [6, 6.07) is 6.46. The summed E-state index contributed by atoms with van der Waals surface area (Å²) in [6.07, 6.45) is 5.41. The van der Waals surface area contributed by atoms with Gasteiger partial charge in [-0.15, -0.1) is 0 Å². The lowest BCUT2D eigenvalue weighted by atomic mass is 10.1. The summed E-state index contributed by atoms with van der Waals surface area (Å²) in [4.78, 5) is 23.2. The van der Waals surface area contributed by atoms with Gasteiger partial charge in [-0.1, -0.05) is 12.1 Å². The maximum Gasteiger partial charge on any atom is 0.207 e. The molecule has 7 nitrogen and oxygen atoms in total. The number of benzene rings is 1. The van der Waals surface area contributed by atoms with E-state index in [-0.39, 0.29) is 0 Å². The second kappa shape index (κ2) is 11.8. The van der Waals surface area contributed by atoms with Gasteiger partial charge < -0.3 is 26.1 Å². The van der Waals surface area contributed by atoms with Crippen LogP contribution in [-0.2, 0) is 22.7 Å². The summed E-state index contributed by atoms with van der Waals surface area (Å²) < 4.78 is 0. The molecular formula is C17H25N5O2. The van der Waals surface area contributed by atoms with Crippen molar-refractivity contribution in [3.05, 3.63) is 47.3 Å². The Morgan fingerprint density at radius 3 is 2.71 bits per heavy atom. The predicted octanol–water partition coefficient (Wildman–Crippen LogP) is 0.268. The Bertz CT molecular complexity index is 576. The second-order valence-electron chi connectivity index (χ2n) is 4.95. The van der Waals surface area contributed by atoms with E-state index in [9.17, 15) is 9.59 Å². The molecule has 0 bridgehead atoms. The quantitative estimate of drug-likeness (QED) is 0.249. The van der Waals surface area contributed by atoms with Crippen LogP contribution in [0.3, 0.4) is 0 Å². The van der Waals surface area contributed by atoms with E-state index in [1.165, 1.54) is 11.1 Å². The van der Waals surface area contributed by atoms with E-state index >= 15 is 0 Å². The first-order valence-corrected chi connectivity index (χ1v) is 7.76. The molecule has 1 heterocycles. The van der Waals surface area contributed by atoms with Gasteiger partial charge in [-0.05, 0) is 17.2 Å². The van der Waals surface area contributed by atoms with Crippen molar-refractivity contribution >= 4 is 18.5 Å². The van der Waals surface area contributed by atoms with Crippen molar-refractivity contribution in [2.45, 2.75) is 19.5 Å². The highest BCUT2D eigenvalue weighted by atomic mass is 16.1. The van der Waals surface area contributed by atoms with E-state index in [0.29, 0.717) is 19.4 Å². The van der Waals surface area contributed by atoms with Crippen molar-refractivity contribution in [3.8, 4) is 0 Å². The van der Waals surface area contributed by atoms with Gasteiger partial charge in [-0.3, -0.25) is 9.79 Å². The van der Waals surface area contributed by atoms with Crippen molar-refractivity contribution in [2.24, 2.45) is 4.99 Å². The largest absolute Gasteiger partial charge is 0.393 e. The predicted molar refractivity (Wildman–Crippen MR) is 95.5 cm³/mol. The average molecular weight is 331 g/mol. The number of amidine groups is 1. The average Bonchev–Trinajstić information content (AvgIpc) is 3.07. The van der Waals surface area contributed by atoms with E-state index < -0.39 is 0 Å². The monoisotopic (exact) mass is 331 g/mol. The maximum absolute atomic E-state index is 9.52. The van der Waals surface area contributed by atoms with Crippen molar-refractivity contribution in [1.82, 2.24) is 21.3 Å². The third kappa shape index (κ3) is 6.62. The lowest BCUT2D eigenvalue weighted by Crippen LogP contribution is -2.19. The van der Waals surface area contributed by atoms with Crippen molar-refractivity contribution < 1.29 is 9.59 Å². The molecule has 1 amide bonds. The summed E-state index contributed by atoms with van der Waals surface area (Å²) in [5, 5.41) is 11.8. The Kier molecular flexibility index (Phi) is 9.56. The van der Waals surface area contributed by atoms with Crippen LogP contribution in [0.2, 0.25) is 0 Å². The highest BCUT2D eigenvalue weighted by molar-refractivity contribution is 5.99. The van der Waals surface area contributed by atoms with Gasteiger partial charge in [-0.25, -0.2) is 0 Å². The van der Waals surface area contributed by atoms with Gasteiger partial charge in [0.1, 0.15) is 12.1 Å². The molecule has 1 aromatic rings. The number of carbonyl (C=O) groups is 2. The molecule has 7 heteroatoms. The van der Waals surface area contributed by atoms with Crippen LogP contribution in [-0.4, -0.2) is 39.2 Å². The van der Waals surface area contributed by atoms with Crippen LogP contribution in [0.4, 0.5) is 0 Å². The normalized spacial score (nSPS) is 12.8. The van der Waals surface area contributed by atoms with Crippen molar-refractivity contribution in [1.29, 1.82) is 0 Å². The highest BCUT2D eigenvalue weighted by Gasteiger charge is 2.11. The smallest absolute Gasteiger partial charge is 0.207 e. The molecule has 0 aliphatic carbocycles. The number of aldehydes is 1. The first-order chi connectivity index (χ1) is 11.8. The standard InChI is InChI=1S/C13H18N4.C4H7NO2/c1-14-5-6-17-13(15-2)10-3-4-11-8-16-9-12(11)7-10;6-3-1-2-5-4-7/h3-7,14,16H,8-9H2,1-2H3,(H,15,17);3-4H,1-2H2,(H,5,7)/b6-5+;. The molecule has 1 aliphatic rings. The molecule has 130 valence electrons. The number of nitrogens with one attached hydrogen (secondary N) is 4. The Labute approximate surface area is 142 Å². The molecule has 24 heavy (non-hydrogen) atoms. The zero-order valence-corrected chi connectivity index (χ0v) is 14.1. The van der Waals surface area contributed by atoms with Crippen LogP contribution in [0.1, 0.15) is 23.1 Å². The molecule has 0 saturated heterocycles. The number of fused-ring (bicyclic) bond motifs is 1. The van der Waals surface area contributed by atoms with Gasteiger partial charge in [0, 0.05) is 58.1 Å². The minimum absolute atomic E-state index is 0.402. The summed E-state index contributed by atoms with van der Waals surface area (Å²) in [5.41, 5.74) is 3.87. The zero-order chi connectivity index (χ0) is 17.6. The van der Waals surface area contributed by atoms with Crippen molar-refractivity contribution in [3.63, 3.8) is 0 Å². The molecule has 0 aromatic heterocycles. The number of hydrogen-bond donors (Lipinski definition) is 4. The molecule has 0 saturated carbocycles. The third-order valence-corrected chi connectivity index (χ3v) is 3.29. The number of amides is 1. The van der Waals surface area contributed by atoms with Crippen LogP contribution >= 0.6 is 0 Å². The molecule has 0 radical (unpaired) electrons. The second-order valence-corrected chi connectivity index (χ2v) is 4.95. The molecule has 0 unspecified atom stereocenters. The zero-order valence-electron chi connectivity index (χ0n) is 14.1. The SMILES string of the molecule is CN=C(N/C=C/NC)c1ccc2c(c1)CNC2.O=CCCNC=O. The van der Waals surface area contributed by atoms with Crippen LogP contribution < -0.4 is 21.3 Å². The van der Waals surface area contributed by atoms with Crippen LogP contribution in [0, 0.1) is 0 Å². The fourth-order valence-electron chi connectivity index (χ4n) is 2.12. The number of nitrogens with zero attached hydrogens (tertiary/aromatic N) is 1. The molecule has 2 rings (SSSR count). The number of rotatable bonds is 7. The van der Waals surface area contributed by atoms with Crippen LogP contribution in [0.5, 0.6) is 0 Å². The molecule has 0 fully saturated rings. The minimum atomic E-state index is 0.402. The van der Waals surface area contributed by atoms with E-state index in [1.807, 2.05) is 19.4 Å². The minimum Gasteiger partial charge on any atom is -0.393 e. The van der Waals surface area contributed by atoms with Gasteiger partial charge in [-0.2, -0.15) is 0 Å². The number of aliphatic imine (C=N–C) groups is 1. The summed E-state index contributed by atoms with van der Waals surface area (Å²) in [7, 11) is 3.66. The maximum atomic E-state index is 9.52. The molecule has 1 aliphatic heterocycles. The lowest BCUT2D eigenvalue weighted by molar-refractivity contribution is -0.109. The summed E-state index contributed by atoms with van der Waals surface area (Å²) in [5.74, 6) is 0.881. The topological polar surface area (TPSA) is 94.6 Å². The number of carbonyl (C=O) groups excluding carboxylic acids is 2. The van der Waals surface area contributed by atoms with Crippen molar-refractivity contribution in [2.75, 3.05) is 20.6 Å². The fourth-order valence-corrected chi connectivity index (χ4v) is 2.12. The first-order valence-electron chi connectivity index (χ1n) is 7.76. The van der Waals surface area contributed by atoms with E-state index in [1.54, 1.807) is 7.05 Å². The van der Waals surface area contributed by atoms with Gasteiger partial charge in [0.2, 0.25) is 6.41 Å². The van der Waals surface area contributed by atoms with Crippen LogP contribution in [0.15, 0.2) is 35.6 Å². The molecular weight excluding hydrogens is 306 g/mol. The first kappa shape index (κ1) is 19.4. The van der Waals surface area contributed by atoms with Gasteiger partial charge in [0.05, 0.1) is 0 Å². The van der Waals surface area contributed by atoms with Gasteiger partial charge in [0.15, 0.2) is 0 Å². The Morgan fingerprint density at radius 2 is 2.04 bits per heavy atom. The van der Waals surface area contributed by atoms with E-state index in [4.69, 9.17) is 0 Å².